The minimum Gasteiger partial charge on any atom is -0.273 e. The molecule has 0 radical (unpaired) electrons. The molecule has 0 atom stereocenters. The Hall–Kier alpha value is -2.62. The van der Waals surface area contributed by atoms with Gasteiger partial charge in [-0.2, -0.15) is 0 Å². The summed E-state index contributed by atoms with van der Waals surface area (Å²) in [5.74, 6) is -0.522. The summed E-state index contributed by atoms with van der Waals surface area (Å²) >= 11 is 0. The Morgan fingerprint density at radius 3 is 2.43 bits per heavy atom. The molecule has 0 aliphatic carbocycles. The standard InChI is InChI=1S/C17H18N2O2/c1-13-6-5-9-15(12-13)17(21)19-18-16(20)11-10-14-7-3-2-4-8-14/h2-9,12H,10-11H2,1H3,(H,18,20)(H,19,21). The number of carbonyl (C=O) groups excluding carboxylic acids is 2. The molecule has 2 N–H and O–H groups in total. The molecule has 0 aliphatic heterocycles. The van der Waals surface area contributed by atoms with E-state index in [1.165, 1.54) is 0 Å². The van der Waals surface area contributed by atoms with Gasteiger partial charge in [0.2, 0.25) is 5.91 Å². The summed E-state index contributed by atoms with van der Waals surface area (Å²) in [7, 11) is 0. The summed E-state index contributed by atoms with van der Waals surface area (Å²) in [5, 5.41) is 0. The molecule has 0 aliphatic rings. The fraction of sp³-hybridized carbons (Fsp3) is 0.176. The van der Waals surface area contributed by atoms with Gasteiger partial charge in [0.25, 0.3) is 5.91 Å². The van der Waals surface area contributed by atoms with Crippen LogP contribution in [0.1, 0.15) is 27.9 Å². The largest absolute Gasteiger partial charge is 0.273 e. The van der Waals surface area contributed by atoms with Crippen LogP contribution in [0.3, 0.4) is 0 Å². The average molecular weight is 282 g/mol. The maximum absolute atomic E-state index is 11.8. The number of benzene rings is 2. The zero-order valence-corrected chi connectivity index (χ0v) is 11.9. The normalized spacial score (nSPS) is 9.95. The molecular formula is C17H18N2O2. The van der Waals surface area contributed by atoms with E-state index in [1.807, 2.05) is 49.4 Å². The van der Waals surface area contributed by atoms with Gasteiger partial charge >= 0.3 is 0 Å². The van der Waals surface area contributed by atoms with Crippen molar-refractivity contribution in [2.24, 2.45) is 0 Å². The molecule has 0 saturated carbocycles. The van der Waals surface area contributed by atoms with E-state index < -0.39 is 0 Å². The smallest absolute Gasteiger partial charge is 0.269 e. The topological polar surface area (TPSA) is 58.2 Å². The van der Waals surface area contributed by atoms with E-state index in [4.69, 9.17) is 0 Å². The first kappa shape index (κ1) is 14.8. The molecule has 4 heteroatoms. The zero-order valence-electron chi connectivity index (χ0n) is 11.9. The summed E-state index contributed by atoms with van der Waals surface area (Å²) in [6.45, 7) is 1.91. The van der Waals surface area contributed by atoms with Crippen molar-refractivity contribution in [2.45, 2.75) is 19.8 Å². The number of hydrogen-bond acceptors (Lipinski definition) is 2. The third-order valence-electron chi connectivity index (χ3n) is 3.08. The molecule has 0 fully saturated rings. The van der Waals surface area contributed by atoms with Gasteiger partial charge in [-0.1, -0.05) is 48.0 Å². The molecule has 0 bridgehead atoms. The summed E-state index contributed by atoms with van der Waals surface area (Å²) < 4.78 is 0. The first-order valence-corrected chi connectivity index (χ1v) is 6.85. The van der Waals surface area contributed by atoms with Crippen molar-refractivity contribution in [3.8, 4) is 0 Å². The average Bonchev–Trinajstić information content (AvgIpc) is 2.51. The minimum atomic E-state index is -0.313. The van der Waals surface area contributed by atoms with E-state index in [0.717, 1.165) is 11.1 Å². The van der Waals surface area contributed by atoms with Crippen LogP contribution in [0.4, 0.5) is 0 Å². The zero-order chi connectivity index (χ0) is 15.1. The van der Waals surface area contributed by atoms with Crippen LogP contribution in [-0.4, -0.2) is 11.8 Å². The van der Waals surface area contributed by atoms with Crippen molar-refractivity contribution in [3.05, 3.63) is 71.3 Å². The fourth-order valence-electron chi connectivity index (χ4n) is 1.95. The second-order valence-electron chi connectivity index (χ2n) is 4.86. The number of nitrogens with one attached hydrogen (secondary N) is 2. The summed E-state index contributed by atoms with van der Waals surface area (Å²) in [6.07, 6.45) is 0.977. The lowest BCUT2D eigenvalue weighted by Crippen LogP contribution is -2.41. The first-order chi connectivity index (χ1) is 10.1. The highest BCUT2D eigenvalue weighted by Crippen LogP contribution is 2.04. The third-order valence-corrected chi connectivity index (χ3v) is 3.08. The van der Waals surface area contributed by atoms with Crippen LogP contribution in [0.5, 0.6) is 0 Å². The predicted octanol–water partition coefficient (Wildman–Crippen LogP) is 2.39. The highest BCUT2D eigenvalue weighted by molar-refractivity contribution is 5.95. The summed E-state index contributed by atoms with van der Waals surface area (Å²) in [4.78, 5) is 23.5. The summed E-state index contributed by atoms with van der Waals surface area (Å²) in [6, 6.07) is 16.9. The molecular weight excluding hydrogens is 264 g/mol. The van der Waals surface area contributed by atoms with Crippen molar-refractivity contribution in [2.75, 3.05) is 0 Å². The van der Waals surface area contributed by atoms with E-state index in [0.29, 0.717) is 18.4 Å². The van der Waals surface area contributed by atoms with E-state index in [-0.39, 0.29) is 11.8 Å². The lowest BCUT2D eigenvalue weighted by Gasteiger charge is -2.08. The fourth-order valence-corrected chi connectivity index (χ4v) is 1.95. The highest BCUT2D eigenvalue weighted by atomic mass is 16.2. The maximum atomic E-state index is 11.8. The van der Waals surface area contributed by atoms with Crippen molar-refractivity contribution < 1.29 is 9.59 Å². The van der Waals surface area contributed by atoms with Crippen LogP contribution < -0.4 is 10.9 Å². The van der Waals surface area contributed by atoms with Gasteiger partial charge in [0.05, 0.1) is 0 Å². The van der Waals surface area contributed by atoms with Gasteiger partial charge in [-0.05, 0) is 31.0 Å². The van der Waals surface area contributed by atoms with Gasteiger partial charge in [-0.15, -0.1) is 0 Å². The van der Waals surface area contributed by atoms with Crippen molar-refractivity contribution in [1.82, 2.24) is 10.9 Å². The van der Waals surface area contributed by atoms with Gasteiger partial charge in [0.1, 0.15) is 0 Å². The number of amides is 2. The molecule has 2 aromatic rings. The lowest BCUT2D eigenvalue weighted by molar-refractivity contribution is -0.121. The molecule has 0 spiro atoms. The lowest BCUT2D eigenvalue weighted by atomic mass is 10.1. The first-order valence-electron chi connectivity index (χ1n) is 6.85. The molecule has 0 unspecified atom stereocenters. The second-order valence-corrected chi connectivity index (χ2v) is 4.86. The van der Waals surface area contributed by atoms with Gasteiger partial charge in [-0.25, -0.2) is 0 Å². The molecule has 2 amide bonds. The van der Waals surface area contributed by atoms with Crippen molar-refractivity contribution >= 4 is 11.8 Å². The predicted molar refractivity (Wildman–Crippen MR) is 81.6 cm³/mol. The Morgan fingerprint density at radius 2 is 1.71 bits per heavy atom. The molecule has 108 valence electrons. The van der Waals surface area contributed by atoms with E-state index >= 15 is 0 Å². The van der Waals surface area contributed by atoms with Crippen LogP contribution in [0.15, 0.2) is 54.6 Å². The van der Waals surface area contributed by atoms with E-state index in [9.17, 15) is 9.59 Å². The second kappa shape index (κ2) is 7.24. The molecule has 0 aromatic heterocycles. The highest BCUT2D eigenvalue weighted by Gasteiger charge is 2.07. The third kappa shape index (κ3) is 4.76. The monoisotopic (exact) mass is 282 g/mol. The van der Waals surface area contributed by atoms with Crippen molar-refractivity contribution in [3.63, 3.8) is 0 Å². The Balaban J connectivity index is 1.77. The van der Waals surface area contributed by atoms with Gasteiger partial charge in [0, 0.05) is 12.0 Å². The number of hydrazine groups is 1. The molecule has 2 aromatic carbocycles. The minimum absolute atomic E-state index is 0.208. The molecule has 0 heterocycles. The Labute approximate surface area is 124 Å². The number of hydrogen-bond donors (Lipinski definition) is 2. The maximum Gasteiger partial charge on any atom is 0.269 e. The number of rotatable bonds is 4. The van der Waals surface area contributed by atoms with E-state index in [2.05, 4.69) is 10.9 Å². The Bertz CT molecular complexity index is 624. The number of carbonyl (C=O) groups is 2. The van der Waals surface area contributed by atoms with Crippen LogP contribution in [-0.2, 0) is 11.2 Å². The van der Waals surface area contributed by atoms with Crippen LogP contribution in [0.25, 0.3) is 0 Å². The van der Waals surface area contributed by atoms with Crippen molar-refractivity contribution in [1.29, 1.82) is 0 Å². The Morgan fingerprint density at radius 1 is 0.952 bits per heavy atom. The Kier molecular flexibility index (Phi) is 5.10. The van der Waals surface area contributed by atoms with Gasteiger partial charge in [-0.3, -0.25) is 20.4 Å². The quantitative estimate of drug-likeness (QED) is 0.846. The molecule has 0 saturated heterocycles. The van der Waals surface area contributed by atoms with Crippen LogP contribution >= 0.6 is 0 Å². The molecule has 4 nitrogen and oxygen atoms in total. The van der Waals surface area contributed by atoms with Gasteiger partial charge in [0.15, 0.2) is 0 Å². The summed E-state index contributed by atoms with van der Waals surface area (Å²) in [5.41, 5.74) is 7.48. The number of aryl methyl sites for hydroxylation is 2. The van der Waals surface area contributed by atoms with Gasteiger partial charge < -0.3 is 0 Å². The molecule has 2 rings (SSSR count). The van der Waals surface area contributed by atoms with Crippen LogP contribution in [0.2, 0.25) is 0 Å². The molecule has 21 heavy (non-hydrogen) atoms. The van der Waals surface area contributed by atoms with Crippen LogP contribution in [0, 0.1) is 6.92 Å². The SMILES string of the molecule is Cc1cccc(C(=O)NNC(=O)CCc2ccccc2)c1. The van der Waals surface area contributed by atoms with E-state index in [1.54, 1.807) is 12.1 Å².